The number of alkyl halides is 1. The number of halogens is 2. The molecule has 1 heterocycles. The Bertz CT molecular complexity index is 935. The third-order valence-corrected chi connectivity index (χ3v) is 8.38. The fourth-order valence-electron chi connectivity index (χ4n) is 2.62. The molecule has 1 aliphatic heterocycles. The first kappa shape index (κ1) is 21.6. The van der Waals surface area contributed by atoms with Crippen molar-refractivity contribution < 1.29 is 22.4 Å². The van der Waals surface area contributed by atoms with Crippen molar-refractivity contribution in [3.8, 4) is 11.5 Å². The van der Waals surface area contributed by atoms with Crippen LogP contribution in [-0.2, 0) is 16.6 Å². The maximum Gasteiger partial charge on any atom is 0.243 e. The molecule has 0 radical (unpaired) electrons. The third kappa shape index (κ3) is 4.71. The Labute approximate surface area is 181 Å². The zero-order chi connectivity index (χ0) is 20.4. The summed E-state index contributed by atoms with van der Waals surface area (Å²) in [7, 11) is -0.767. The van der Waals surface area contributed by atoms with Crippen molar-refractivity contribution in [1.29, 1.82) is 0 Å². The van der Waals surface area contributed by atoms with Gasteiger partial charge >= 0.3 is 0 Å². The maximum absolute atomic E-state index is 14.7. The molecule has 1 unspecified atom stereocenters. The Morgan fingerprint density at radius 1 is 1.21 bits per heavy atom. The summed E-state index contributed by atoms with van der Waals surface area (Å²) in [5, 5.41) is 0.453. The average molecular weight is 539 g/mol. The summed E-state index contributed by atoms with van der Waals surface area (Å²) < 4.78 is 53.1. The van der Waals surface area contributed by atoms with Gasteiger partial charge in [0.05, 0.1) is 25.8 Å². The number of methoxy groups -OCH3 is 2. The van der Waals surface area contributed by atoms with Gasteiger partial charge in [-0.1, -0.05) is 29.4 Å². The zero-order valence-electron chi connectivity index (χ0n) is 15.1. The van der Waals surface area contributed by atoms with Gasteiger partial charge < -0.3 is 9.47 Å². The number of hydrogen-bond donors (Lipinski definition) is 1. The Morgan fingerprint density at radius 2 is 1.93 bits per heavy atom. The van der Waals surface area contributed by atoms with Crippen LogP contribution in [0.5, 0.6) is 11.5 Å². The van der Waals surface area contributed by atoms with Crippen molar-refractivity contribution in [3.05, 3.63) is 54.1 Å². The molecule has 2 aromatic rings. The molecule has 0 bridgehead atoms. The molecule has 0 aliphatic carbocycles. The van der Waals surface area contributed by atoms with Crippen LogP contribution in [0.2, 0.25) is 0 Å². The van der Waals surface area contributed by atoms with E-state index < -0.39 is 13.0 Å². The number of rotatable bonds is 7. The normalized spacial score (nSPS) is 21.0. The molecule has 1 aliphatic rings. The first-order valence-corrected chi connectivity index (χ1v) is 11.5. The Balaban J connectivity index is 1.75. The number of hydrogen-bond acceptors (Lipinski definition) is 7. The number of nitrogens with zero attached hydrogens (tertiary/aromatic N) is 2. The van der Waals surface area contributed by atoms with Crippen LogP contribution in [-0.4, -0.2) is 41.7 Å². The van der Waals surface area contributed by atoms with Crippen molar-refractivity contribution in [2.24, 2.45) is 0 Å². The smallest absolute Gasteiger partial charge is 0.243 e. The molecule has 0 saturated carbocycles. The van der Waals surface area contributed by atoms with Crippen LogP contribution in [0, 0.1) is 0 Å². The van der Waals surface area contributed by atoms with E-state index >= 15 is 0 Å². The summed E-state index contributed by atoms with van der Waals surface area (Å²) in [6.07, 6.45) is 0. The Morgan fingerprint density at radius 3 is 2.57 bits per heavy atom. The van der Waals surface area contributed by atoms with Crippen LogP contribution in [0.25, 0.3) is 0 Å². The molecule has 1 atom stereocenters. The quantitative estimate of drug-likeness (QED) is 0.190. The van der Waals surface area contributed by atoms with E-state index in [9.17, 15) is 12.9 Å². The lowest BCUT2D eigenvalue weighted by Gasteiger charge is -2.25. The third-order valence-electron chi connectivity index (χ3n) is 4.00. The lowest BCUT2D eigenvalue weighted by molar-refractivity contribution is -0.00815. The minimum atomic E-state index is -3.88. The van der Waals surface area contributed by atoms with Crippen LogP contribution in [0.15, 0.2) is 53.4 Å². The molecule has 0 spiro atoms. The van der Waals surface area contributed by atoms with Gasteiger partial charge in [0.25, 0.3) is 0 Å². The molecule has 28 heavy (non-hydrogen) atoms. The van der Waals surface area contributed by atoms with E-state index in [1.54, 1.807) is 71.4 Å². The molecule has 0 aromatic heterocycles. The predicted octanol–water partition coefficient (Wildman–Crippen LogP) is 3.34. The Hall–Kier alpha value is -1.12. The van der Waals surface area contributed by atoms with Gasteiger partial charge in [-0.2, -0.15) is 4.72 Å². The number of benzene rings is 2. The number of ether oxygens (including phenoxy) is 2. The summed E-state index contributed by atoms with van der Waals surface area (Å²) >= 11 is 2.82. The van der Waals surface area contributed by atoms with Gasteiger partial charge in [-0.15, -0.1) is 4.48 Å². The summed E-state index contributed by atoms with van der Waals surface area (Å²) in [4.78, 5) is 0.0790. The predicted molar refractivity (Wildman–Crippen MR) is 114 cm³/mol. The number of nitrogens with one attached hydrogen (secondary N) is 1. The van der Waals surface area contributed by atoms with Gasteiger partial charge in [0.2, 0.25) is 13.0 Å². The zero-order valence-corrected chi connectivity index (χ0v) is 18.9. The van der Waals surface area contributed by atoms with Crippen molar-refractivity contribution in [2.45, 2.75) is 14.4 Å². The molecule has 1 fully saturated rings. The molecular formula is C17H19FIN3O4S2. The molecule has 1 N–H and O–H groups in total. The lowest BCUT2D eigenvalue weighted by atomic mass is 10.2. The van der Waals surface area contributed by atoms with Gasteiger partial charge in [0, 0.05) is 18.2 Å². The molecule has 2 aromatic carbocycles. The fourth-order valence-corrected chi connectivity index (χ4v) is 6.87. The van der Waals surface area contributed by atoms with Crippen molar-refractivity contribution in [3.63, 3.8) is 0 Å². The standard InChI is InChI=1S/C17H19FIN3O4S2/c1-25-14-9-8-13(16(10-14)26-2)11-21-12-22(18)17(19,27-21)20-28(23,24)15-6-4-3-5-7-15/h3-10,20H,11-12H2,1-2H3. The molecule has 11 heteroatoms. The molecular weight excluding hydrogens is 520 g/mol. The van der Waals surface area contributed by atoms with E-state index in [0.717, 1.165) is 17.5 Å². The second-order valence-electron chi connectivity index (χ2n) is 5.89. The van der Waals surface area contributed by atoms with E-state index in [0.29, 0.717) is 23.2 Å². The summed E-state index contributed by atoms with van der Waals surface area (Å²) in [6.45, 7) is 0.274. The molecule has 3 rings (SSSR count). The van der Waals surface area contributed by atoms with E-state index in [1.807, 2.05) is 6.07 Å². The van der Waals surface area contributed by atoms with Crippen molar-refractivity contribution >= 4 is 44.6 Å². The van der Waals surface area contributed by atoms with Crippen molar-refractivity contribution in [1.82, 2.24) is 14.1 Å². The summed E-state index contributed by atoms with van der Waals surface area (Å²) in [5.41, 5.74) is 0.829. The maximum atomic E-state index is 14.7. The van der Waals surface area contributed by atoms with Gasteiger partial charge in [-0.25, -0.2) is 12.7 Å². The van der Waals surface area contributed by atoms with E-state index in [-0.39, 0.29) is 11.6 Å². The van der Waals surface area contributed by atoms with E-state index in [4.69, 9.17) is 9.47 Å². The Kier molecular flexibility index (Phi) is 6.72. The highest BCUT2D eigenvalue weighted by Gasteiger charge is 2.48. The van der Waals surface area contributed by atoms with Gasteiger partial charge in [-0.3, -0.25) is 0 Å². The van der Waals surface area contributed by atoms with Crippen LogP contribution in [0.3, 0.4) is 0 Å². The second-order valence-corrected chi connectivity index (χ2v) is 11.2. The van der Waals surface area contributed by atoms with Crippen LogP contribution in [0.1, 0.15) is 5.56 Å². The largest absolute Gasteiger partial charge is 0.497 e. The average Bonchev–Trinajstić information content (AvgIpc) is 2.95. The second kappa shape index (κ2) is 8.71. The van der Waals surface area contributed by atoms with Gasteiger partial charge in [-0.05, 0) is 52.7 Å². The van der Waals surface area contributed by atoms with Gasteiger partial charge in [0.1, 0.15) is 11.5 Å². The minimum absolute atomic E-state index is 0.0790. The van der Waals surface area contributed by atoms with Crippen LogP contribution >= 0.6 is 34.5 Å². The van der Waals surface area contributed by atoms with E-state index in [2.05, 4.69) is 4.72 Å². The molecule has 0 amide bonds. The molecule has 7 nitrogen and oxygen atoms in total. The van der Waals surface area contributed by atoms with Crippen molar-refractivity contribution in [2.75, 3.05) is 20.9 Å². The van der Waals surface area contributed by atoms with Crippen LogP contribution < -0.4 is 14.2 Å². The first-order valence-electron chi connectivity index (χ1n) is 8.14. The lowest BCUT2D eigenvalue weighted by Crippen LogP contribution is -2.47. The highest BCUT2D eigenvalue weighted by Crippen LogP contribution is 2.45. The highest BCUT2D eigenvalue weighted by molar-refractivity contribution is 14.1. The molecule has 152 valence electrons. The minimum Gasteiger partial charge on any atom is -0.497 e. The topological polar surface area (TPSA) is 71.1 Å². The fraction of sp³-hybridized carbons (Fsp3) is 0.294. The van der Waals surface area contributed by atoms with E-state index in [1.165, 1.54) is 12.1 Å². The SMILES string of the molecule is COc1ccc(CN2CN(F)C(I)(NS(=O)(=O)c3ccccc3)S2)c(OC)c1. The molecule has 1 saturated heterocycles. The van der Waals surface area contributed by atoms with Gasteiger partial charge in [0.15, 0.2) is 0 Å². The number of sulfonamides is 1. The first-order chi connectivity index (χ1) is 13.3. The summed E-state index contributed by atoms with van der Waals surface area (Å²) in [6, 6.07) is 13.3. The monoisotopic (exact) mass is 539 g/mol. The van der Waals surface area contributed by atoms with Crippen LogP contribution in [0.4, 0.5) is 4.48 Å². The highest BCUT2D eigenvalue weighted by atomic mass is 127. The summed E-state index contributed by atoms with van der Waals surface area (Å²) in [5.74, 6) is 1.27.